The van der Waals surface area contributed by atoms with Crippen LogP contribution in [0.5, 0.6) is 5.75 Å². The van der Waals surface area contributed by atoms with Crippen LogP contribution < -0.4 is 15.4 Å². The van der Waals surface area contributed by atoms with Crippen molar-refractivity contribution in [3.05, 3.63) is 71.8 Å². The predicted molar refractivity (Wildman–Crippen MR) is 146 cm³/mol. The minimum Gasteiger partial charge on any atom is -0.497 e. The van der Waals surface area contributed by atoms with Crippen molar-refractivity contribution in [2.75, 3.05) is 12.4 Å². The quantitative estimate of drug-likeness (QED) is 0.533. The highest BCUT2D eigenvalue weighted by Crippen LogP contribution is 2.55. The molecule has 5 atom stereocenters. The van der Waals surface area contributed by atoms with E-state index in [-0.39, 0.29) is 30.3 Å². The van der Waals surface area contributed by atoms with Crippen molar-refractivity contribution in [2.45, 2.75) is 69.4 Å². The molecule has 1 spiro atoms. The maximum absolute atomic E-state index is 14.1. The second kappa shape index (κ2) is 10.2. The number of rotatable bonds is 7. The summed E-state index contributed by atoms with van der Waals surface area (Å²) in [7, 11) is 1.60. The lowest BCUT2D eigenvalue weighted by molar-refractivity contribution is -0.142. The van der Waals surface area contributed by atoms with E-state index in [0.29, 0.717) is 11.4 Å². The summed E-state index contributed by atoms with van der Waals surface area (Å²) in [6, 6.07) is 14.2. The number of benzene rings is 2. The van der Waals surface area contributed by atoms with Crippen LogP contribution >= 0.6 is 0 Å². The topological polar surface area (TPSA) is 97.0 Å². The van der Waals surface area contributed by atoms with Crippen molar-refractivity contribution in [1.29, 1.82) is 0 Å². The number of methoxy groups -OCH3 is 1. The van der Waals surface area contributed by atoms with Crippen LogP contribution in [0, 0.1) is 18.8 Å². The van der Waals surface area contributed by atoms with Crippen LogP contribution in [0.25, 0.3) is 0 Å². The minimum atomic E-state index is -1.18. The van der Waals surface area contributed by atoms with Gasteiger partial charge < -0.3 is 25.0 Å². The molecule has 3 amide bonds. The predicted octanol–water partition coefficient (Wildman–Crippen LogP) is 3.74. The first-order valence-corrected chi connectivity index (χ1v) is 13.9. The molecular weight excluding hydrogens is 494 g/mol. The Morgan fingerprint density at radius 2 is 1.74 bits per heavy atom. The number of amides is 3. The molecule has 2 N–H and O–H groups in total. The highest BCUT2D eigenvalue weighted by atomic mass is 16.5. The van der Waals surface area contributed by atoms with E-state index in [1.54, 1.807) is 12.0 Å². The van der Waals surface area contributed by atoms with Gasteiger partial charge in [-0.2, -0.15) is 0 Å². The fraction of sp³-hybridized carbons (Fsp3) is 0.452. The molecule has 2 aromatic carbocycles. The highest BCUT2D eigenvalue weighted by molar-refractivity contribution is 6.02. The summed E-state index contributed by atoms with van der Waals surface area (Å²) in [6.45, 7) is 2.22. The average Bonchev–Trinajstić information content (AvgIpc) is 3.58. The van der Waals surface area contributed by atoms with Crippen LogP contribution in [0.4, 0.5) is 5.69 Å². The number of nitrogens with one attached hydrogen (secondary N) is 2. The lowest BCUT2D eigenvalue weighted by atomic mass is 9.74. The lowest BCUT2D eigenvalue weighted by Crippen LogP contribution is -2.56. The average molecular weight is 530 g/mol. The summed E-state index contributed by atoms with van der Waals surface area (Å²) in [5.74, 6) is -1.51. The summed E-state index contributed by atoms with van der Waals surface area (Å²) in [4.78, 5) is 43.3. The first-order chi connectivity index (χ1) is 18.9. The minimum absolute atomic E-state index is 0.0860. The summed E-state index contributed by atoms with van der Waals surface area (Å²) < 4.78 is 11.7. The molecule has 3 aliphatic heterocycles. The number of nitrogens with zero attached hydrogens (tertiary/aromatic N) is 1. The van der Waals surface area contributed by atoms with Gasteiger partial charge in [-0.15, -0.1) is 0 Å². The third-order valence-corrected chi connectivity index (χ3v) is 8.71. The first-order valence-electron chi connectivity index (χ1n) is 13.9. The molecule has 8 heteroatoms. The molecule has 3 heterocycles. The maximum Gasteiger partial charge on any atom is 0.246 e. The van der Waals surface area contributed by atoms with Crippen LogP contribution in [-0.2, 0) is 25.7 Å². The third kappa shape index (κ3) is 4.50. The summed E-state index contributed by atoms with van der Waals surface area (Å²) >= 11 is 0. The molecule has 204 valence electrons. The molecule has 2 bridgehead atoms. The Kier molecular flexibility index (Phi) is 6.67. The molecule has 6 rings (SSSR count). The van der Waals surface area contributed by atoms with Gasteiger partial charge in [0.1, 0.15) is 17.4 Å². The second-order valence-electron chi connectivity index (χ2n) is 11.2. The Morgan fingerprint density at radius 3 is 2.44 bits per heavy atom. The molecule has 8 nitrogen and oxygen atoms in total. The van der Waals surface area contributed by atoms with Gasteiger partial charge in [-0.05, 0) is 49.6 Å². The molecular formula is C31H35N3O5. The van der Waals surface area contributed by atoms with Crippen LogP contribution in [0.1, 0.15) is 43.2 Å². The monoisotopic (exact) mass is 529 g/mol. The van der Waals surface area contributed by atoms with E-state index in [1.165, 1.54) is 6.42 Å². The zero-order valence-electron chi connectivity index (χ0n) is 22.4. The molecule has 2 aromatic rings. The third-order valence-electron chi connectivity index (χ3n) is 8.71. The number of carbonyl (C=O) groups excluding carboxylic acids is 3. The molecule has 4 aliphatic rings. The van der Waals surface area contributed by atoms with Crippen LogP contribution in [0.3, 0.4) is 0 Å². The molecule has 1 saturated carbocycles. The largest absolute Gasteiger partial charge is 0.497 e. The van der Waals surface area contributed by atoms with E-state index < -0.39 is 29.6 Å². The number of likely N-dealkylation sites (tertiary alicyclic amines) is 1. The molecule has 3 fully saturated rings. The molecule has 39 heavy (non-hydrogen) atoms. The lowest BCUT2D eigenvalue weighted by Gasteiger charge is -2.34. The van der Waals surface area contributed by atoms with Gasteiger partial charge in [-0.25, -0.2) is 0 Å². The van der Waals surface area contributed by atoms with E-state index in [4.69, 9.17) is 9.47 Å². The Labute approximate surface area is 228 Å². The van der Waals surface area contributed by atoms with Gasteiger partial charge in [0.25, 0.3) is 0 Å². The number of ether oxygens (including phenoxy) is 2. The fourth-order valence-electron chi connectivity index (χ4n) is 6.75. The van der Waals surface area contributed by atoms with Gasteiger partial charge in [0.05, 0.1) is 25.0 Å². The summed E-state index contributed by atoms with van der Waals surface area (Å²) in [5, 5.41) is 6.20. The van der Waals surface area contributed by atoms with Crippen LogP contribution in [-0.4, -0.2) is 53.5 Å². The van der Waals surface area contributed by atoms with Crippen molar-refractivity contribution in [1.82, 2.24) is 10.2 Å². The zero-order valence-corrected chi connectivity index (χ0v) is 22.4. The number of carbonyl (C=O) groups is 3. The molecule has 0 radical (unpaired) electrons. The number of fused-ring (bicyclic) bond motifs is 1. The van der Waals surface area contributed by atoms with Crippen LogP contribution in [0.15, 0.2) is 60.7 Å². The number of aryl methyl sites for hydroxylation is 1. The van der Waals surface area contributed by atoms with E-state index >= 15 is 0 Å². The van der Waals surface area contributed by atoms with Gasteiger partial charge in [-0.1, -0.05) is 61.2 Å². The van der Waals surface area contributed by atoms with E-state index in [2.05, 4.69) is 10.6 Å². The van der Waals surface area contributed by atoms with Gasteiger partial charge in [0.2, 0.25) is 17.7 Å². The Bertz CT molecular complexity index is 1280. The number of hydrogen-bond donors (Lipinski definition) is 2. The first kappa shape index (κ1) is 25.6. The normalized spacial score (nSPS) is 29.4. The maximum atomic E-state index is 14.1. The van der Waals surface area contributed by atoms with Crippen molar-refractivity contribution in [3.8, 4) is 5.75 Å². The Hall–Kier alpha value is -3.65. The zero-order chi connectivity index (χ0) is 27.1. The molecule has 1 aliphatic carbocycles. The van der Waals surface area contributed by atoms with Gasteiger partial charge >= 0.3 is 0 Å². The number of anilines is 1. The molecule has 0 aromatic heterocycles. The SMILES string of the molecule is COc1ccc(CN2C(=O)C3C(C(=O)Nc4ccc(C)cc4)C4C=CC3(O4)C2C(=O)NC2CCCCC2)cc1. The van der Waals surface area contributed by atoms with Gasteiger partial charge in [0.15, 0.2) is 0 Å². The van der Waals surface area contributed by atoms with E-state index in [0.717, 1.165) is 36.8 Å². The molecule has 5 unspecified atom stereocenters. The van der Waals surface area contributed by atoms with Crippen LogP contribution in [0.2, 0.25) is 0 Å². The Balaban J connectivity index is 1.31. The molecule has 2 saturated heterocycles. The van der Waals surface area contributed by atoms with Gasteiger partial charge in [0, 0.05) is 18.3 Å². The summed E-state index contributed by atoms with van der Waals surface area (Å²) in [5.41, 5.74) is 1.45. The fourth-order valence-corrected chi connectivity index (χ4v) is 6.75. The van der Waals surface area contributed by atoms with E-state index in [9.17, 15) is 14.4 Å². The summed E-state index contributed by atoms with van der Waals surface area (Å²) in [6.07, 6.45) is 8.35. The van der Waals surface area contributed by atoms with Crippen molar-refractivity contribution in [2.24, 2.45) is 11.8 Å². The van der Waals surface area contributed by atoms with E-state index in [1.807, 2.05) is 67.6 Å². The smallest absolute Gasteiger partial charge is 0.246 e. The standard InChI is InChI=1S/C31H35N3O5/c1-19-8-12-22(13-9-19)32-28(35)25-24-16-17-31(39-24)26(25)30(37)34(18-20-10-14-23(38-2)15-11-20)27(31)29(36)33-21-6-4-3-5-7-21/h8-17,21,24-27H,3-7,18H2,1-2H3,(H,32,35)(H,33,36). The highest BCUT2D eigenvalue weighted by Gasteiger charge is 2.72. The van der Waals surface area contributed by atoms with Crippen molar-refractivity contribution < 1.29 is 23.9 Å². The van der Waals surface area contributed by atoms with Crippen molar-refractivity contribution in [3.63, 3.8) is 0 Å². The number of hydrogen-bond acceptors (Lipinski definition) is 5. The van der Waals surface area contributed by atoms with Crippen molar-refractivity contribution >= 4 is 23.4 Å². The van der Waals surface area contributed by atoms with Gasteiger partial charge in [-0.3, -0.25) is 14.4 Å². The second-order valence-corrected chi connectivity index (χ2v) is 11.2. The Morgan fingerprint density at radius 1 is 1.03 bits per heavy atom.